The zero-order chi connectivity index (χ0) is 13.9. The molecule has 0 spiro atoms. The number of halogens is 1. The van der Waals surface area contributed by atoms with Gasteiger partial charge in [0.1, 0.15) is 5.82 Å². The Hall–Kier alpha value is -2.22. The van der Waals surface area contributed by atoms with Crippen molar-refractivity contribution in [1.29, 1.82) is 0 Å². The van der Waals surface area contributed by atoms with Crippen molar-refractivity contribution in [2.45, 2.75) is 13.3 Å². The summed E-state index contributed by atoms with van der Waals surface area (Å²) in [5, 5.41) is 0. The topological polar surface area (TPSA) is 12.4 Å². The molecule has 1 heterocycles. The maximum absolute atomic E-state index is 13.0. The van der Waals surface area contributed by atoms with Crippen molar-refractivity contribution in [2.75, 3.05) is 0 Å². The van der Waals surface area contributed by atoms with Gasteiger partial charge in [0.15, 0.2) is 0 Å². The van der Waals surface area contributed by atoms with Crippen LogP contribution in [0, 0.1) is 11.7 Å². The molecule has 1 aliphatic rings. The van der Waals surface area contributed by atoms with Crippen LogP contribution in [0.4, 0.5) is 4.39 Å². The standard InChI is InChI=1S/C18H16FN/c1-13-11-18(15-5-3-2-4-6-15)20-12-17(13)14-7-9-16(19)10-8-14/h2-10,12-13H,11H2,1H3. The fourth-order valence-electron chi connectivity index (χ4n) is 2.55. The number of hydrogen-bond acceptors (Lipinski definition) is 1. The van der Waals surface area contributed by atoms with Crippen LogP contribution in [0.1, 0.15) is 24.5 Å². The molecule has 1 nitrogen and oxygen atoms in total. The van der Waals surface area contributed by atoms with E-state index in [0.717, 1.165) is 17.7 Å². The van der Waals surface area contributed by atoms with E-state index in [1.165, 1.54) is 23.3 Å². The van der Waals surface area contributed by atoms with E-state index in [4.69, 9.17) is 0 Å². The Kier molecular flexibility index (Phi) is 3.46. The van der Waals surface area contributed by atoms with Crippen LogP contribution < -0.4 is 0 Å². The number of allylic oxidation sites excluding steroid dienone is 1. The zero-order valence-corrected chi connectivity index (χ0v) is 11.4. The lowest BCUT2D eigenvalue weighted by Crippen LogP contribution is -2.12. The molecule has 0 aromatic heterocycles. The Labute approximate surface area is 118 Å². The fourth-order valence-corrected chi connectivity index (χ4v) is 2.55. The fraction of sp³-hybridized carbons (Fsp3) is 0.167. The summed E-state index contributed by atoms with van der Waals surface area (Å²) in [5.74, 6) is 0.180. The van der Waals surface area contributed by atoms with Crippen molar-refractivity contribution in [2.24, 2.45) is 10.9 Å². The average Bonchev–Trinajstić information content (AvgIpc) is 2.49. The van der Waals surface area contributed by atoms with Gasteiger partial charge < -0.3 is 0 Å². The Morgan fingerprint density at radius 3 is 2.30 bits per heavy atom. The molecule has 0 saturated heterocycles. The van der Waals surface area contributed by atoms with E-state index >= 15 is 0 Å². The van der Waals surface area contributed by atoms with E-state index in [9.17, 15) is 4.39 Å². The van der Waals surface area contributed by atoms with Gasteiger partial charge >= 0.3 is 0 Å². The molecule has 1 unspecified atom stereocenters. The van der Waals surface area contributed by atoms with E-state index < -0.39 is 0 Å². The lowest BCUT2D eigenvalue weighted by Gasteiger charge is -2.21. The Morgan fingerprint density at radius 2 is 1.65 bits per heavy atom. The Balaban J connectivity index is 1.93. The number of nitrogens with zero attached hydrogens (tertiary/aromatic N) is 1. The van der Waals surface area contributed by atoms with E-state index in [1.807, 2.05) is 36.5 Å². The largest absolute Gasteiger partial charge is 0.260 e. The molecule has 100 valence electrons. The summed E-state index contributed by atoms with van der Waals surface area (Å²) in [6, 6.07) is 16.9. The molecule has 1 aliphatic heterocycles. The van der Waals surface area contributed by atoms with Gasteiger partial charge in [-0.05, 0) is 41.2 Å². The number of benzene rings is 2. The smallest absolute Gasteiger partial charge is 0.123 e. The minimum atomic E-state index is -0.203. The first-order chi connectivity index (χ1) is 9.74. The molecule has 0 fully saturated rings. The second-order valence-corrected chi connectivity index (χ2v) is 5.14. The highest BCUT2D eigenvalue weighted by Crippen LogP contribution is 2.30. The normalized spacial score (nSPS) is 18.4. The van der Waals surface area contributed by atoms with Crippen molar-refractivity contribution in [3.63, 3.8) is 0 Å². The SMILES string of the molecule is CC1CC(c2ccccc2)=NC=C1c1ccc(F)cc1. The molecule has 1 atom stereocenters. The highest BCUT2D eigenvalue weighted by molar-refractivity contribution is 6.03. The van der Waals surface area contributed by atoms with Crippen LogP contribution in [0.5, 0.6) is 0 Å². The first-order valence-corrected chi connectivity index (χ1v) is 6.82. The highest BCUT2D eigenvalue weighted by Gasteiger charge is 2.18. The van der Waals surface area contributed by atoms with Gasteiger partial charge in [0.25, 0.3) is 0 Å². The molecule has 0 amide bonds. The number of hydrogen-bond donors (Lipinski definition) is 0. The molecule has 0 radical (unpaired) electrons. The van der Waals surface area contributed by atoms with Crippen LogP contribution in [0.15, 0.2) is 65.8 Å². The van der Waals surface area contributed by atoms with Gasteiger partial charge in [0.2, 0.25) is 0 Å². The van der Waals surface area contributed by atoms with Crippen LogP contribution in [-0.4, -0.2) is 5.71 Å². The van der Waals surface area contributed by atoms with Gasteiger partial charge in [-0.2, -0.15) is 0 Å². The lowest BCUT2D eigenvalue weighted by molar-refractivity contribution is 0.627. The average molecular weight is 265 g/mol. The first kappa shape index (κ1) is 12.8. The predicted octanol–water partition coefficient (Wildman–Crippen LogP) is 4.70. The maximum Gasteiger partial charge on any atom is 0.123 e. The molecule has 3 rings (SSSR count). The zero-order valence-electron chi connectivity index (χ0n) is 11.4. The van der Waals surface area contributed by atoms with Crippen molar-refractivity contribution in [3.05, 3.63) is 77.7 Å². The molecular weight excluding hydrogens is 249 g/mol. The van der Waals surface area contributed by atoms with Crippen LogP contribution in [0.25, 0.3) is 5.57 Å². The van der Waals surface area contributed by atoms with E-state index in [2.05, 4.69) is 24.0 Å². The van der Waals surface area contributed by atoms with Crippen LogP contribution in [0.2, 0.25) is 0 Å². The summed E-state index contributed by atoms with van der Waals surface area (Å²) in [7, 11) is 0. The summed E-state index contributed by atoms with van der Waals surface area (Å²) < 4.78 is 13.0. The number of aliphatic imine (C=N–C) groups is 1. The molecule has 0 aliphatic carbocycles. The van der Waals surface area contributed by atoms with Gasteiger partial charge in [0.05, 0.1) is 0 Å². The monoisotopic (exact) mass is 265 g/mol. The molecule has 2 aromatic carbocycles. The van der Waals surface area contributed by atoms with E-state index in [0.29, 0.717) is 5.92 Å². The van der Waals surface area contributed by atoms with Crippen molar-refractivity contribution < 1.29 is 4.39 Å². The predicted molar refractivity (Wildman–Crippen MR) is 81.1 cm³/mol. The summed E-state index contributed by atoms with van der Waals surface area (Å²) in [6.07, 6.45) is 2.83. The first-order valence-electron chi connectivity index (χ1n) is 6.82. The van der Waals surface area contributed by atoms with E-state index in [-0.39, 0.29) is 5.82 Å². The van der Waals surface area contributed by atoms with Gasteiger partial charge in [-0.15, -0.1) is 0 Å². The van der Waals surface area contributed by atoms with Gasteiger partial charge in [0, 0.05) is 11.9 Å². The summed E-state index contributed by atoms with van der Waals surface area (Å²) in [5.41, 5.74) is 4.51. The van der Waals surface area contributed by atoms with Crippen LogP contribution in [0.3, 0.4) is 0 Å². The molecule has 0 bridgehead atoms. The van der Waals surface area contributed by atoms with Crippen LogP contribution >= 0.6 is 0 Å². The summed E-state index contributed by atoms with van der Waals surface area (Å²) in [6.45, 7) is 2.19. The Bertz CT molecular complexity index is 654. The third-order valence-corrected chi connectivity index (χ3v) is 3.67. The lowest BCUT2D eigenvalue weighted by atomic mass is 9.87. The van der Waals surface area contributed by atoms with Gasteiger partial charge in [-0.3, -0.25) is 4.99 Å². The van der Waals surface area contributed by atoms with Crippen molar-refractivity contribution in [3.8, 4) is 0 Å². The molecule has 20 heavy (non-hydrogen) atoms. The Morgan fingerprint density at radius 1 is 0.950 bits per heavy atom. The highest BCUT2D eigenvalue weighted by atomic mass is 19.1. The van der Waals surface area contributed by atoms with Crippen molar-refractivity contribution >= 4 is 11.3 Å². The molecule has 2 heteroatoms. The minimum Gasteiger partial charge on any atom is -0.260 e. The van der Waals surface area contributed by atoms with Crippen LogP contribution in [-0.2, 0) is 0 Å². The second kappa shape index (κ2) is 5.41. The molecule has 2 aromatic rings. The molecular formula is C18H16FN. The molecule has 0 N–H and O–H groups in total. The number of rotatable bonds is 2. The van der Waals surface area contributed by atoms with Gasteiger partial charge in [-0.1, -0.05) is 49.4 Å². The third kappa shape index (κ3) is 2.55. The quantitative estimate of drug-likeness (QED) is 0.746. The second-order valence-electron chi connectivity index (χ2n) is 5.14. The third-order valence-electron chi connectivity index (χ3n) is 3.67. The molecule has 0 saturated carbocycles. The minimum absolute atomic E-state index is 0.203. The van der Waals surface area contributed by atoms with Gasteiger partial charge in [-0.25, -0.2) is 4.39 Å². The van der Waals surface area contributed by atoms with E-state index in [1.54, 1.807) is 0 Å². The summed E-state index contributed by atoms with van der Waals surface area (Å²) in [4.78, 5) is 4.59. The maximum atomic E-state index is 13.0. The van der Waals surface area contributed by atoms with Crippen molar-refractivity contribution in [1.82, 2.24) is 0 Å². The summed E-state index contributed by atoms with van der Waals surface area (Å²) >= 11 is 0.